The van der Waals surface area contributed by atoms with Crippen molar-refractivity contribution in [1.82, 2.24) is 24.7 Å². The molecule has 1 aliphatic heterocycles. The van der Waals surface area contributed by atoms with Crippen molar-refractivity contribution in [2.24, 2.45) is 0 Å². The lowest BCUT2D eigenvalue weighted by Gasteiger charge is -2.20. The van der Waals surface area contributed by atoms with Crippen LogP contribution < -0.4 is 5.32 Å². The Bertz CT molecular complexity index is 573. The van der Waals surface area contributed by atoms with Crippen molar-refractivity contribution in [3.8, 4) is 0 Å². The highest BCUT2D eigenvalue weighted by molar-refractivity contribution is 6.32. The molecular weight excluding hydrogens is 268 g/mol. The Morgan fingerprint density at radius 1 is 1.47 bits per heavy atom. The van der Waals surface area contributed by atoms with Gasteiger partial charge in [-0.25, -0.2) is 0 Å². The van der Waals surface area contributed by atoms with Crippen LogP contribution in [0.15, 0.2) is 12.3 Å². The molecule has 0 aliphatic carbocycles. The second kappa shape index (κ2) is 5.28. The zero-order valence-electron chi connectivity index (χ0n) is 10.6. The number of halogens is 1. The molecule has 2 aromatic heterocycles. The van der Waals surface area contributed by atoms with Crippen LogP contribution in [0.1, 0.15) is 0 Å². The number of hydrogen-bond acceptors (Lipinski definition) is 6. The monoisotopic (exact) mass is 282 g/mol. The van der Waals surface area contributed by atoms with E-state index >= 15 is 0 Å². The number of fused-ring (bicyclic) bond motifs is 1. The lowest BCUT2D eigenvalue weighted by atomic mass is 10.3. The normalized spacial score (nSPS) is 21.5. The van der Waals surface area contributed by atoms with E-state index in [1.165, 1.54) is 0 Å². The predicted molar refractivity (Wildman–Crippen MR) is 71.5 cm³/mol. The summed E-state index contributed by atoms with van der Waals surface area (Å²) in [6, 6.07) is 1.95. The third-order valence-electron chi connectivity index (χ3n) is 3.09. The van der Waals surface area contributed by atoms with Gasteiger partial charge in [0, 0.05) is 13.1 Å². The first-order chi connectivity index (χ1) is 9.24. The quantitative estimate of drug-likeness (QED) is 0.866. The first-order valence-corrected chi connectivity index (χ1v) is 6.50. The second-order valence-corrected chi connectivity index (χ2v) is 4.98. The summed E-state index contributed by atoms with van der Waals surface area (Å²) < 4.78 is 7.21. The molecule has 8 heteroatoms. The van der Waals surface area contributed by atoms with E-state index in [0.717, 1.165) is 25.2 Å². The van der Waals surface area contributed by atoms with Gasteiger partial charge < -0.3 is 15.0 Å². The smallest absolute Gasteiger partial charge is 0.244 e. The predicted octanol–water partition coefficient (Wildman–Crippen LogP) is 0.520. The summed E-state index contributed by atoms with van der Waals surface area (Å²) in [7, 11) is 2.07. The van der Waals surface area contributed by atoms with Crippen LogP contribution in [0.5, 0.6) is 0 Å². The molecule has 1 saturated heterocycles. The van der Waals surface area contributed by atoms with Crippen molar-refractivity contribution in [2.75, 3.05) is 38.7 Å². The Hall–Kier alpha value is -1.44. The lowest BCUT2D eigenvalue weighted by Crippen LogP contribution is -2.36. The minimum absolute atomic E-state index is 0.148. The Morgan fingerprint density at radius 3 is 3.26 bits per heavy atom. The summed E-state index contributed by atoms with van der Waals surface area (Å²) in [4.78, 5) is 2.22. The van der Waals surface area contributed by atoms with Crippen LogP contribution in [0.3, 0.4) is 0 Å². The zero-order chi connectivity index (χ0) is 13.2. The van der Waals surface area contributed by atoms with E-state index < -0.39 is 0 Å². The highest BCUT2D eigenvalue weighted by Gasteiger charge is 2.18. The number of hydrogen-bond donors (Lipinski definition) is 1. The van der Waals surface area contributed by atoms with Crippen molar-refractivity contribution in [3.05, 3.63) is 17.4 Å². The summed E-state index contributed by atoms with van der Waals surface area (Å²) in [6.45, 7) is 3.20. The van der Waals surface area contributed by atoms with Gasteiger partial charge in [0.15, 0.2) is 5.15 Å². The molecule has 0 amide bonds. The molecule has 7 nitrogen and oxygen atoms in total. The molecule has 1 fully saturated rings. The van der Waals surface area contributed by atoms with E-state index in [9.17, 15) is 0 Å². The molecule has 1 unspecified atom stereocenters. The maximum Gasteiger partial charge on any atom is 0.244 e. The van der Waals surface area contributed by atoms with E-state index in [-0.39, 0.29) is 6.04 Å². The average molecular weight is 283 g/mol. The molecule has 1 aliphatic rings. The van der Waals surface area contributed by atoms with Crippen molar-refractivity contribution in [1.29, 1.82) is 0 Å². The van der Waals surface area contributed by atoms with Crippen LogP contribution >= 0.6 is 11.6 Å². The van der Waals surface area contributed by atoms with E-state index in [0.29, 0.717) is 17.7 Å². The fourth-order valence-corrected chi connectivity index (χ4v) is 2.32. The fraction of sp³-hybridized carbons (Fsp3) is 0.545. The highest BCUT2D eigenvalue weighted by atomic mass is 35.5. The standard InChI is InChI=1S/C11H15ClN6O/c1-17-4-5-19-7-8(6-17)14-11-16-15-10(12)9-2-3-13-18(9)11/h2-3,8H,4-7H2,1H3,(H,14,16). The molecule has 0 radical (unpaired) electrons. The molecule has 1 N–H and O–H groups in total. The first kappa shape index (κ1) is 12.6. The molecule has 1 atom stereocenters. The summed E-state index contributed by atoms with van der Waals surface area (Å²) in [5.74, 6) is 0.577. The van der Waals surface area contributed by atoms with Crippen LogP contribution in [-0.2, 0) is 4.74 Å². The highest BCUT2D eigenvalue weighted by Crippen LogP contribution is 2.16. The van der Waals surface area contributed by atoms with E-state index in [1.54, 1.807) is 16.8 Å². The van der Waals surface area contributed by atoms with Gasteiger partial charge in [0.05, 0.1) is 25.5 Å². The lowest BCUT2D eigenvalue weighted by molar-refractivity contribution is 0.140. The van der Waals surface area contributed by atoms with E-state index in [2.05, 4.69) is 32.6 Å². The van der Waals surface area contributed by atoms with Crippen LogP contribution in [0.4, 0.5) is 5.95 Å². The van der Waals surface area contributed by atoms with Gasteiger partial charge in [-0.05, 0) is 13.1 Å². The molecule has 0 saturated carbocycles. The Morgan fingerprint density at radius 2 is 2.37 bits per heavy atom. The number of nitrogens with zero attached hydrogens (tertiary/aromatic N) is 5. The minimum Gasteiger partial charge on any atom is -0.378 e. The van der Waals surface area contributed by atoms with Crippen LogP contribution in [0.25, 0.3) is 5.52 Å². The van der Waals surface area contributed by atoms with Gasteiger partial charge in [0.2, 0.25) is 5.95 Å². The van der Waals surface area contributed by atoms with Crippen LogP contribution in [0.2, 0.25) is 5.15 Å². The number of rotatable bonds is 2. The van der Waals surface area contributed by atoms with Crippen molar-refractivity contribution in [3.63, 3.8) is 0 Å². The molecule has 0 aromatic carbocycles. The molecule has 19 heavy (non-hydrogen) atoms. The van der Waals surface area contributed by atoms with Gasteiger partial charge in [-0.3, -0.25) is 0 Å². The molecule has 3 rings (SSSR count). The summed E-state index contributed by atoms with van der Waals surface area (Å²) in [5.41, 5.74) is 0.738. The fourth-order valence-electron chi connectivity index (χ4n) is 2.14. The van der Waals surface area contributed by atoms with Crippen molar-refractivity contribution < 1.29 is 4.74 Å². The Labute approximate surface area is 115 Å². The Balaban J connectivity index is 1.84. The van der Waals surface area contributed by atoms with Gasteiger partial charge in [-0.15, -0.1) is 10.2 Å². The summed E-state index contributed by atoms with van der Waals surface area (Å²) in [6.07, 6.45) is 1.67. The first-order valence-electron chi connectivity index (χ1n) is 6.13. The Kier molecular flexibility index (Phi) is 3.50. The molecule has 0 bridgehead atoms. The second-order valence-electron chi connectivity index (χ2n) is 4.62. The third kappa shape index (κ3) is 2.63. The topological polar surface area (TPSA) is 67.6 Å². The van der Waals surface area contributed by atoms with Gasteiger partial charge in [-0.1, -0.05) is 11.6 Å². The van der Waals surface area contributed by atoms with Gasteiger partial charge >= 0.3 is 0 Å². The molecular formula is C11H15ClN6O. The van der Waals surface area contributed by atoms with Gasteiger partial charge in [0.25, 0.3) is 0 Å². The number of ether oxygens (including phenoxy) is 1. The summed E-state index contributed by atoms with van der Waals surface area (Å²) in [5, 5.41) is 15.8. The van der Waals surface area contributed by atoms with Crippen LogP contribution in [-0.4, -0.2) is 64.1 Å². The number of likely N-dealkylation sites (N-methyl/N-ethyl adjacent to an activating group) is 1. The molecule has 2 aromatic rings. The molecule has 102 valence electrons. The maximum absolute atomic E-state index is 5.97. The largest absolute Gasteiger partial charge is 0.378 e. The van der Waals surface area contributed by atoms with Gasteiger partial charge in [0.1, 0.15) is 5.52 Å². The third-order valence-corrected chi connectivity index (χ3v) is 3.36. The molecule has 0 spiro atoms. The van der Waals surface area contributed by atoms with Gasteiger partial charge in [-0.2, -0.15) is 9.61 Å². The number of nitrogens with one attached hydrogen (secondary N) is 1. The number of aromatic nitrogens is 4. The molecule has 3 heterocycles. The van der Waals surface area contributed by atoms with Crippen molar-refractivity contribution in [2.45, 2.75) is 6.04 Å². The SMILES string of the molecule is CN1CCOCC(Nc2nnc(Cl)c3ccnn23)C1. The zero-order valence-corrected chi connectivity index (χ0v) is 11.3. The van der Waals surface area contributed by atoms with Crippen LogP contribution in [0, 0.1) is 0 Å². The number of anilines is 1. The van der Waals surface area contributed by atoms with E-state index in [4.69, 9.17) is 16.3 Å². The summed E-state index contributed by atoms with van der Waals surface area (Å²) >= 11 is 5.97. The van der Waals surface area contributed by atoms with Crippen molar-refractivity contribution >= 4 is 23.1 Å². The van der Waals surface area contributed by atoms with E-state index in [1.807, 2.05) is 0 Å². The minimum atomic E-state index is 0.148. The average Bonchev–Trinajstić information content (AvgIpc) is 2.79. The maximum atomic E-state index is 5.97.